The van der Waals surface area contributed by atoms with E-state index in [1.807, 2.05) is 6.92 Å². The zero-order valence-corrected chi connectivity index (χ0v) is 17.9. The second-order valence-corrected chi connectivity index (χ2v) is 7.57. The minimum absolute atomic E-state index is 0.0453. The van der Waals surface area contributed by atoms with Gasteiger partial charge in [-0.15, -0.1) is 0 Å². The lowest BCUT2D eigenvalue weighted by atomic mass is 9.83. The van der Waals surface area contributed by atoms with Crippen LogP contribution in [-0.4, -0.2) is 17.1 Å². The van der Waals surface area contributed by atoms with Gasteiger partial charge >= 0.3 is 5.97 Å². The van der Waals surface area contributed by atoms with Crippen LogP contribution >= 0.6 is 23.2 Å². The molecular formula is C21H22Cl2N2O4. The van der Waals surface area contributed by atoms with Crippen molar-refractivity contribution in [3.63, 3.8) is 0 Å². The molecule has 2 heterocycles. The van der Waals surface area contributed by atoms with Crippen molar-refractivity contribution in [2.75, 3.05) is 6.61 Å². The van der Waals surface area contributed by atoms with Crippen LogP contribution in [0.25, 0.3) is 0 Å². The summed E-state index contributed by atoms with van der Waals surface area (Å²) in [6.07, 6.45) is 1.56. The Kier molecular flexibility index (Phi) is 6.24. The highest BCUT2D eigenvalue weighted by atomic mass is 35.5. The van der Waals surface area contributed by atoms with Crippen molar-refractivity contribution in [3.05, 3.63) is 72.9 Å². The Labute approximate surface area is 178 Å². The average molecular weight is 437 g/mol. The van der Waals surface area contributed by atoms with Gasteiger partial charge in [0, 0.05) is 28.9 Å². The summed E-state index contributed by atoms with van der Waals surface area (Å²) in [5.74, 6) is -1.29. The number of carbonyl (C=O) groups excluding carboxylic acids is 1. The average Bonchev–Trinajstić information content (AvgIpc) is 2.65. The molecule has 3 rings (SSSR count). The molecule has 8 heteroatoms. The van der Waals surface area contributed by atoms with Gasteiger partial charge < -0.3 is 19.8 Å². The lowest BCUT2D eigenvalue weighted by molar-refractivity contribution is -0.139. The fourth-order valence-corrected chi connectivity index (χ4v) is 4.04. The number of aromatic nitrogens is 1. The zero-order valence-electron chi connectivity index (χ0n) is 16.4. The Morgan fingerprint density at radius 2 is 2.00 bits per heavy atom. The molecule has 1 unspecified atom stereocenters. The Balaban J connectivity index is 2.32. The van der Waals surface area contributed by atoms with Crippen LogP contribution in [-0.2, 0) is 23.0 Å². The van der Waals surface area contributed by atoms with E-state index in [0.717, 1.165) is 12.1 Å². The van der Waals surface area contributed by atoms with E-state index in [1.54, 1.807) is 42.8 Å². The number of esters is 1. The second kappa shape index (κ2) is 8.51. The Morgan fingerprint density at radius 3 is 2.62 bits per heavy atom. The van der Waals surface area contributed by atoms with Crippen molar-refractivity contribution in [2.45, 2.75) is 32.6 Å². The normalized spacial score (nSPS) is 15.7. The van der Waals surface area contributed by atoms with Gasteiger partial charge in [-0.25, -0.2) is 4.79 Å². The van der Waals surface area contributed by atoms with Crippen molar-refractivity contribution >= 4 is 29.2 Å². The van der Waals surface area contributed by atoms with Gasteiger partial charge in [-0.1, -0.05) is 42.6 Å². The minimum atomic E-state index is -0.836. The SMILES string of the molecule is CCCc1cc2c(c(=O)n1C)C(c1ccc(Cl)cc1Cl)C(C(=O)OCC)=C(N)O2. The molecule has 0 radical (unpaired) electrons. The van der Waals surface area contributed by atoms with Crippen LogP contribution in [0.15, 0.2) is 40.5 Å². The first-order valence-electron chi connectivity index (χ1n) is 9.32. The maximum atomic E-state index is 13.3. The molecule has 0 saturated heterocycles. The van der Waals surface area contributed by atoms with Gasteiger partial charge in [0.05, 0.1) is 18.1 Å². The molecule has 6 nitrogen and oxygen atoms in total. The summed E-state index contributed by atoms with van der Waals surface area (Å²) < 4.78 is 12.5. The van der Waals surface area contributed by atoms with Crippen LogP contribution in [0.2, 0.25) is 10.0 Å². The van der Waals surface area contributed by atoms with Crippen molar-refractivity contribution in [3.8, 4) is 5.75 Å². The molecule has 1 atom stereocenters. The van der Waals surface area contributed by atoms with Gasteiger partial charge in [0.1, 0.15) is 11.3 Å². The third kappa shape index (κ3) is 3.87. The van der Waals surface area contributed by atoms with Crippen molar-refractivity contribution in [1.29, 1.82) is 0 Å². The summed E-state index contributed by atoms with van der Waals surface area (Å²) in [7, 11) is 1.69. The molecule has 2 N–H and O–H groups in total. The van der Waals surface area contributed by atoms with E-state index in [-0.39, 0.29) is 29.2 Å². The number of aryl methyl sites for hydroxylation is 1. The van der Waals surface area contributed by atoms with Crippen LogP contribution in [0, 0.1) is 0 Å². The Morgan fingerprint density at radius 1 is 1.28 bits per heavy atom. The summed E-state index contributed by atoms with van der Waals surface area (Å²) in [6.45, 7) is 3.86. The first-order chi connectivity index (χ1) is 13.8. The number of nitrogens with two attached hydrogens (primary N) is 1. The molecule has 0 saturated carbocycles. The number of rotatable bonds is 5. The van der Waals surface area contributed by atoms with E-state index in [2.05, 4.69) is 0 Å². The Hall–Kier alpha value is -2.44. The highest BCUT2D eigenvalue weighted by Gasteiger charge is 2.39. The summed E-state index contributed by atoms with van der Waals surface area (Å²) in [4.78, 5) is 26.0. The third-order valence-electron chi connectivity index (χ3n) is 4.87. The van der Waals surface area contributed by atoms with E-state index in [1.165, 1.54) is 0 Å². The van der Waals surface area contributed by atoms with Crippen LogP contribution in [0.4, 0.5) is 0 Å². The number of pyridine rings is 1. The van der Waals surface area contributed by atoms with Gasteiger partial charge in [0.25, 0.3) is 5.56 Å². The highest BCUT2D eigenvalue weighted by molar-refractivity contribution is 6.35. The largest absolute Gasteiger partial charge is 0.462 e. The predicted octanol–water partition coefficient (Wildman–Crippen LogP) is 3.90. The first-order valence-corrected chi connectivity index (χ1v) is 10.1. The van der Waals surface area contributed by atoms with Gasteiger partial charge in [-0.3, -0.25) is 4.79 Å². The molecule has 1 aliphatic heterocycles. The van der Waals surface area contributed by atoms with E-state index in [4.69, 9.17) is 38.4 Å². The maximum absolute atomic E-state index is 13.3. The summed E-state index contributed by atoms with van der Waals surface area (Å²) in [6, 6.07) is 6.66. The summed E-state index contributed by atoms with van der Waals surface area (Å²) >= 11 is 12.5. The number of halogens is 2. The van der Waals surface area contributed by atoms with E-state index < -0.39 is 11.9 Å². The number of benzene rings is 1. The molecule has 154 valence electrons. The molecule has 29 heavy (non-hydrogen) atoms. The number of nitrogens with zero attached hydrogens (tertiary/aromatic N) is 1. The lowest BCUT2D eigenvalue weighted by Gasteiger charge is -2.29. The smallest absolute Gasteiger partial charge is 0.340 e. The van der Waals surface area contributed by atoms with Gasteiger partial charge in [0.2, 0.25) is 5.88 Å². The number of fused-ring (bicyclic) bond motifs is 1. The fourth-order valence-electron chi connectivity index (χ4n) is 3.52. The first kappa shape index (κ1) is 21.3. The van der Waals surface area contributed by atoms with Crippen molar-refractivity contribution in [2.24, 2.45) is 12.8 Å². The highest BCUT2D eigenvalue weighted by Crippen LogP contribution is 2.43. The van der Waals surface area contributed by atoms with Crippen LogP contribution in [0.1, 0.15) is 43.0 Å². The second-order valence-electron chi connectivity index (χ2n) is 6.73. The molecule has 1 aromatic heterocycles. The predicted molar refractivity (Wildman–Crippen MR) is 112 cm³/mol. The van der Waals surface area contributed by atoms with E-state index >= 15 is 0 Å². The Bertz CT molecular complexity index is 1060. The molecule has 0 bridgehead atoms. The molecule has 2 aromatic rings. The topological polar surface area (TPSA) is 83.5 Å². The summed E-state index contributed by atoms with van der Waals surface area (Å²) in [5.41, 5.74) is 7.50. The molecule has 1 aliphatic rings. The number of ether oxygens (including phenoxy) is 2. The van der Waals surface area contributed by atoms with Crippen LogP contribution < -0.4 is 16.0 Å². The monoisotopic (exact) mass is 436 g/mol. The lowest BCUT2D eigenvalue weighted by Crippen LogP contribution is -2.34. The molecule has 0 fully saturated rings. The molecule has 0 amide bonds. The van der Waals surface area contributed by atoms with E-state index in [0.29, 0.717) is 27.8 Å². The number of hydrogen-bond acceptors (Lipinski definition) is 5. The summed E-state index contributed by atoms with van der Waals surface area (Å²) in [5, 5.41) is 0.747. The number of carbonyl (C=O) groups is 1. The molecular weight excluding hydrogens is 415 g/mol. The number of hydrogen-bond donors (Lipinski definition) is 1. The van der Waals surface area contributed by atoms with Gasteiger partial charge in [-0.2, -0.15) is 0 Å². The minimum Gasteiger partial charge on any atom is -0.462 e. The van der Waals surface area contributed by atoms with E-state index in [9.17, 15) is 9.59 Å². The van der Waals surface area contributed by atoms with Crippen molar-refractivity contribution in [1.82, 2.24) is 4.57 Å². The van der Waals surface area contributed by atoms with Gasteiger partial charge in [0.15, 0.2) is 0 Å². The zero-order chi connectivity index (χ0) is 21.3. The fraction of sp³-hybridized carbons (Fsp3) is 0.333. The van der Waals surface area contributed by atoms with Crippen molar-refractivity contribution < 1.29 is 14.3 Å². The standard InChI is InChI=1S/C21H22Cl2N2O4/c1-4-6-12-10-15-17(20(26)25(12)3)16(13-8-7-11(22)9-14(13)23)18(19(24)29-15)21(27)28-5-2/h7-10,16H,4-6,24H2,1-3H3. The maximum Gasteiger partial charge on any atom is 0.340 e. The van der Waals surface area contributed by atoms with Crippen LogP contribution in [0.3, 0.4) is 0 Å². The molecule has 1 aromatic carbocycles. The molecule has 0 aliphatic carbocycles. The van der Waals surface area contributed by atoms with Crippen LogP contribution in [0.5, 0.6) is 5.75 Å². The quantitative estimate of drug-likeness (QED) is 0.718. The van der Waals surface area contributed by atoms with Gasteiger partial charge in [-0.05, 0) is 31.0 Å². The molecule has 0 spiro atoms. The third-order valence-corrected chi connectivity index (χ3v) is 5.43.